The number of hydrogen-bond acceptors (Lipinski definition) is 3. The third kappa shape index (κ3) is 7.15. The smallest absolute Gasteiger partial charge is 0.191 e. The quantitative estimate of drug-likeness (QED) is 0.408. The molecule has 0 unspecified atom stereocenters. The molecule has 1 fully saturated rings. The van der Waals surface area contributed by atoms with Crippen LogP contribution in [0, 0.1) is 5.82 Å². The van der Waals surface area contributed by atoms with Crippen LogP contribution in [0.15, 0.2) is 53.5 Å². The first-order valence-corrected chi connectivity index (χ1v) is 10.3. The fraction of sp³-hybridized carbons (Fsp3) is 0.435. The molecule has 0 atom stereocenters. The molecule has 5 nitrogen and oxygen atoms in total. The van der Waals surface area contributed by atoms with Crippen LogP contribution in [0.3, 0.4) is 0 Å². The highest BCUT2D eigenvalue weighted by Crippen LogP contribution is 2.13. The lowest BCUT2D eigenvalue weighted by atomic mass is 10.1. The van der Waals surface area contributed by atoms with Crippen molar-refractivity contribution in [2.24, 2.45) is 4.99 Å². The topological polar surface area (TPSA) is 48.9 Å². The highest BCUT2D eigenvalue weighted by Gasteiger charge is 2.12. The van der Waals surface area contributed by atoms with E-state index in [4.69, 9.17) is 4.74 Å². The summed E-state index contributed by atoms with van der Waals surface area (Å²) < 4.78 is 18.7. The van der Waals surface area contributed by atoms with Crippen molar-refractivity contribution in [2.75, 3.05) is 39.9 Å². The molecule has 1 saturated heterocycles. The lowest BCUT2D eigenvalue weighted by molar-refractivity contribution is 0.0341. The SMILES string of the molecule is CN=C(NCCCc1cccc(F)c1)NCc1ccccc1CN1CCOCC1. The van der Waals surface area contributed by atoms with Crippen molar-refractivity contribution in [3.63, 3.8) is 0 Å². The van der Waals surface area contributed by atoms with Crippen molar-refractivity contribution >= 4 is 5.96 Å². The molecular weight excluding hydrogens is 367 g/mol. The van der Waals surface area contributed by atoms with Crippen LogP contribution < -0.4 is 10.6 Å². The van der Waals surface area contributed by atoms with Gasteiger partial charge in [0, 0.05) is 39.8 Å². The van der Waals surface area contributed by atoms with Crippen molar-refractivity contribution in [2.45, 2.75) is 25.9 Å². The molecule has 1 heterocycles. The van der Waals surface area contributed by atoms with Gasteiger partial charge in [0.15, 0.2) is 5.96 Å². The summed E-state index contributed by atoms with van der Waals surface area (Å²) in [4.78, 5) is 6.75. The van der Waals surface area contributed by atoms with Gasteiger partial charge in [0.25, 0.3) is 0 Å². The lowest BCUT2D eigenvalue weighted by Gasteiger charge is -2.27. The maximum atomic E-state index is 13.2. The number of aliphatic imine (C=N–C) groups is 1. The maximum Gasteiger partial charge on any atom is 0.191 e. The van der Waals surface area contributed by atoms with Crippen LogP contribution in [0.5, 0.6) is 0 Å². The normalized spacial score (nSPS) is 15.3. The molecule has 29 heavy (non-hydrogen) atoms. The molecule has 0 spiro atoms. The van der Waals surface area contributed by atoms with Crippen molar-refractivity contribution < 1.29 is 9.13 Å². The summed E-state index contributed by atoms with van der Waals surface area (Å²) in [7, 11) is 1.78. The van der Waals surface area contributed by atoms with E-state index < -0.39 is 0 Å². The fourth-order valence-electron chi connectivity index (χ4n) is 3.48. The molecule has 0 aliphatic carbocycles. The first-order chi connectivity index (χ1) is 14.2. The monoisotopic (exact) mass is 398 g/mol. The van der Waals surface area contributed by atoms with Crippen LogP contribution in [-0.4, -0.2) is 50.8 Å². The van der Waals surface area contributed by atoms with Crippen molar-refractivity contribution in [3.8, 4) is 0 Å². The van der Waals surface area contributed by atoms with Crippen LogP contribution >= 0.6 is 0 Å². The van der Waals surface area contributed by atoms with E-state index in [1.165, 1.54) is 17.2 Å². The van der Waals surface area contributed by atoms with Gasteiger partial charge in [0.2, 0.25) is 0 Å². The van der Waals surface area contributed by atoms with E-state index in [0.29, 0.717) is 0 Å². The molecule has 1 aliphatic heterocycles. The molecule has 2 aromatic carbocycles. The Morgan fingerprint density at radius 1 is 1.07 bits per heavy atom. The van der Waals surface area contributed by atoms with Crippen LogP contribution in [0.1, 0.15) is 23.1 Å². The number of halogens is 1. The van der Waals surface area contributed by atoms with Gasteiger partial charge in [-0.05, 0) is 41.7 Å². The van der Waals surface area contributed by atoms with Crippen LogP contribution in [0.2, 0.25) is 0 Å². The van der Waals surface area contributed by atoms with Crippen molar-refractivity contribution in [1.29, 1.82) is 0 Å². The van der Waals surface area contributed by atoms with E-state index in [-0.39, 0.29) is 5.82 Å². The molecule has 0 radical (unpaired) electrons. The first kappa shape index (κ1) is 21.3. The van der Waals surface area contributed by atoms with Gasteiger partial charge in [-0.15, -0.1) is 0 Å². The standard InChI is InChI=1S/C23H31FN4O/c1-25-23(26-11-5-7-19-6-4-10-22(24)16-19)27-17-20-8-2-3-9-21(20)18-28-12-14-29-15-13-28/h2-4,6,8-10,16H,5,7,11-15,17-18H2,1H3,(H2,25,26,27). The molecule has 2 N–H and O–H groups in total. The van der Waals surface area contributed by atoms with Gasteiger partial charge in [0.1, 0.15) is 5.82 Å². The summed E-state index contributed by atoms with van der Waals surface area (Å²) in [6.45, 7) is 6.04. The van der Waals surface area contributed by atoms with E-state index in [1.54, 1.807) is 19.2 Å². The zero-order valence-corrected chi connectivity index (χ0v) is 17.2. The number of nitrogens with one attached hydrogen (secondary N) is 2. The molecule has 2 aromatic rings. The molecular formula is C23H31FN4O. The van der Waals surface area contributed by atoms with E-state index >= 15 is 0 Å². The lowest BCUT2D eigenvalue weighted by Crippen LogP contribution is -2.38. The highest BCUT2D eigenvalue weighted by molar-refractivity contribution is 5.79. The Labute approximate surface area is 173 Å². The number of ether oxygens (including phenoxy) is 1. The largest absolute Gasteiger partial charge is 0.379 e. The predicted molar refractivity (Wildman–Crippen MR) is 115 cm³/mol. The summed E-state index contributed by atoms with van der Waals surface area (Å²) in [5.74, 6) is 0.606. The first-order valence-electron chi connectivity index (χ1n) is 10.3. The average Bonchev–Trinajstić information content (AvgIpc) is 2.75. The Morgan fingerprint density at radius 3 is 2.62 bits per heavy atom. The summed E-state index contributed by atoms with van der Waals surface area (Å²) >= 11 is 0. The molecule has 0 aromatic heterocycles. The van der Waals surface area contributed by atoms with Gasteiger partial charge in [0.05, 0.1) is 13.2 Å². The molecule has 156 valence electrons. The predicted octanol–water partition coefficient (Wildman–Crippen LogP) is 2.96. The number of benzene rings is 2. The third-order valence-electron chi connectivity index (χ3n) is 5.11. The van der Waals surface area contributed by atoms with Gasteiger partial charge in [-0.2, -0.15) is 0 Å². The minimum absolute atomic E-state index is 0.177. The second-order valence-electron chi connectivity index (χ2n) is 7.24. The second kappa shape index (κ2) is 11.5. The Kier molecular flexibility index (Phi) is 8.46. The molecule has 0 saturated carbocycles. The number of aryl methyl sites for hydroxylation is 1. The summed E-state index contributed by atoms with van der Waals surface area (Å²) in [6.07, 6.45) is 1.75. The molecule has 6 heteroatoms. The summed E-state index contributed by atoms with van der Waals surface area (Å²) in [5.41, 5.74) is 3.64. The van der Waals surface area contributed by atoms with Gasteiger partial charge in [-0.1, -0.05) is 36.4 Å². The maximum absolute atomic E-state index is 13.2. The third-order valence-corrected chi connectivity index (χ3v) is 5.11. The number of hydrogen-bond donors (Lipinski definition) is 2. The second-order valence-corrected chi connectivity index (χ2v) is 7.24. The van der Waals surface area contributed by atoms with E-state index in [1.807, 2.05) is 6.07 Å². The molecule has 0 amide bonds. The minimum Gasteiger partial charge on any atom is -0.379 e. The molecule has 3 rings (SSSR count). The fourth-order valence-corrected chi connectivity index (χ4v) is 3.48. The average molecular weight is 399 g/mol. The Bertz CT molecular complexity index is 790. The van der Waals surface area contributed by atoms with Crippen molar-refractivity contribution in [1.82, 2.24) is 15.5 Å². The Hall–Kier alpha value is -2.44. The Morgan fingerprint density at radius 2 is 1.86 bits per heavy atom. The Balaban J connectivity index is 1.44. The number of rotatable bonds is 8. The molecule has 0 bridgehead atoms. The van der Waals surface area contributed by atoms with Crippen LogP contribution in [-0.2, 0) is 24.2 Å². The summed E-state index contributed by atoms with van der Waals surface area (Å²) in [6, 6.07) is 15.3. The number of guanidine groups is 1. The van der Waals surface area contributed by atoms with Gasteiger partial charge >= 0.3 is 0 Å². The van der Waals surface area contributed by atoms with Crippen LogP contribution in [0.4, 0.5) is 4.39 Å². The molecule has 1 aliphatic rings. The highest BCUT2D eigenvalue weighted by atomic mass is 19.1. The van der Waals surface area contributed by atoms with Gasteiger partial charge in [-0.25, -0.2) is 4.39 Å². The van der Waals surface area contributed by atoms with Gasteiger partial charge in [-0.3, -0.25) is 9.89 Å². The number of nitrogens with zero attached hydrogens (tertiary/aromatic N) is 2. The summed E-state index contributed by atoms with van der Waals surface area (Å²) in [5, 5.41) is 6.75. The van der Waals surface area contributed by atoms with Gasteiger partial charge < -0.3 is 15.4 Å². The minimum atomic E-state index is -0.177. The van der Waals surface area contributed by atoms with Crippen LogP contribution in [0.25, 0.3) is 0 Å². The van der Waals surface area contributed by atoms with E-state index in [2.05, 4.69) is 44.8 Å². The van der Waals surface area contributed by atoms with Crippen molar-refractivity contribution in [3.05, 3.63) is 71.0 Å². The van der Waals surface area contributed by atoms with E-state index in [0.717, 1.165) is 70.3 Å². The number of morpholine rings is 1. The zero-order chi connectivity index (χ0) is 20.3. The zero-order valence-electron chi connectivity index (χ0n) is 17.2. The van der Waals surface area contributed by atoms with E-state index in [9.17, 15) is 4.39 Å².